The van der Waals surface area contributed by atoms with Gasteiger partial charge in [-0.3, -0.25) is 9.89 Å². The molecule has 1 unspecified atom stereocenters. The lowest BCUT2D eigenvalue weighted by molar-refractivity contribution is 0.0170. The summed E-state index contributed by atoms with van der Waals surface area (Å²) >= 11 is 8.07. The second-order valence-corrected chi connectivity index (χ2v) is 8.94. The van der Waals surface area contributed by atoms with Crippen LogP contribution >= 0.6 is 47.3 Å². The van der Waals surface area contributed by atoms with Gasteiger partial charge in [-0.1, -0.05) is 23.7 Å². The van der Waals surface area contributed by atoms with Gasteiger partial charge in [-0.2, -0.15) is 11.8 Å². The highest BCUT2D eigenvalue weighted by Gasteiger charge is 2.23. The van der Waals surface area contributed by atoms with Gasteiger partial charge in [0.2, 0.25) is 0 Å². The van der Waals surface area contributed by atoms with Gasteiger partial charge in [0, 0.05) is 43.0 Å². The molecule has 2 N–H and O–H groups in total. The number of hydrogen-bond acceptors (Lipinski definition) is 4. The highest BCUT2D eigenvalue weighted by Crippen LogP contribution is 2.24. The molecule has 1 aliphatic heterocycles. The van der Waals surface area contributed by atoms with Crippen LogP contribution in [0.25, 0.3) is 0 Å². The fourth-order valence-corrected chi connectivity index (χ4v) is 3.26. The first-order valence-electron chi connectivity index (χ1n) is 9.02. The summed E-state index contributed by atoms with van der Waals surface area (Å²) < 4.78 is 5.68. The molecule has 0 bridgehead atoms. The molecule has 1 aromatic carbocycles. The molecule has 1 heterocycles. The monoisotopic (exact) mass is 526 g/mol. The quantitative estimate of drug-likeness (QED) is 0.323. The maximum atomic E-state index is 6.23. The zero-order valence-electron chi connectivity index (χ0n) is 16.6. The Labute approximate surface area is 190 Å². The van der Waals surface area contributed by atoms with Crippen molar-refractivity contribution in [2.45, 2.75) is 24.6 Å². The van der Waals surface area contributed by atoms with Crippen molar-refractivity contribution in [3.8, 4) is 0 Å². The predicted molar refractivity (Wildman–Crippen MR) is 129 cm³/mol. The van der Waals surface area contributed by atoms with Gasteiger partial charge in [-0.15, -0.1) is 24.0 Å². The van der Waals surface area contributed by atoms with Crippen molar-refractivity contribution in [2.75, 3.05) is 52.7 Å². The second kappa shape index (κ2) is 12.4. The highest BCUT2D eigenvalue weighted by atomic mass is 127. The third-order valence-corrected chi connectivity index (χ3v) is 6.13. The van der Waals surface area contributed by atoms with Crippen LogP contribution in [-0.2, 0) is 4.74 Å². The lowest BCUT2D eigenvalue weighted by Gasteiger charge is -2.35. The molecule has 5 nitrogen and oxygen atoms in total. The molecule has 1 aliphatic rings. The zero-order chi connectivity index (χ0) is 19.0. The molecule has 0 aliphatic carbocycles. The maximum Gasteiger partial charge on any atom is 0.191 e. The smallest absolute Gasteiger partial charge is 0.191 e. The third kappa shape index (κ3) is 8.35. The van der Waals surface area contributed by atoms with Crippen LogP contribution < -0.4 is 10.6 Å². The normalized spacial score (nSPS) is 17.1. The van der Waals surface area contributed by atoms with Gasteiger partial charge in [0.1, 0.15) is 0 Å². The summed E-state index contributed by atoms with van der Waals surface area (Å²) in [7, 11) is 1.81. The Morgan fingerprint density at radius 2 is 2.04 bits per heavy atom. The van der Waals surface area contributed by atoms with Gasteiger partial charge >= 0.3 is 0 Å². The molecule has 27 heavy (non-hydrogen) atoms. The average Bonchev–Trinajstić information content (AvgIpc) is 2.65. The van der Waals surface area contributed by atoms with Crippen LogP contribution in [0.3, 0.4) is 0 Å². The van der Waals surface area contributed by atoms with Crippen molar-refractivity contribution in [3.63, 3.8) is 0 Å². The summed E-state index contributed by atoms with van der Waals surface area (Å²) in [6.07, 6.45) is 2.13. The molecule has 0 amide bonds. The minimum Gasteiger partial charge on any atom is -0.379 e. The number of nitrogens with one attached hydrogen (secondary N) is 2. The van der Waals surface area contributed by atoms with E-state index in [1.54, 1.807) is 0 Å². The topological polar surface area (TPSA) is 48.9 Å². The van der Waals surface area contributed by atoms with Gasteiger partial charge in [0.15, 0.2) is 5.96 Å². The molecule has 0 aromatic heterocycles. The molecule has 1 aromatic rings. The van der Waals surface area contributed by atoms with Gasteiger partial charge in [-0.25, -0.2) is 0 Å². The first kappa shape index (κ1) is 24.8. The van der Waals surface area contributed by atoms with Gasteiger partial charge in [-0.05, 0) is 37.8 Å². The number of morpholine rings is 1. The van der Waals surface area contributed by atoms with E-state index in [-0.39, 0.29) is 34.8 Å². The van der Waals surface area contributed by atoms with Crippen LogP contribution in [0.5, 0.6) is 0 Å². The average molecular weight is 527 g/mol. The van der Waals surface area contributed by atoms with Crippen molar-refractivity contribution in [1.82, 2.24) is 15.5 Å². The molecule has 0 spiro atoms. The van der Waals surface area contributed by atoms with E-state index in [1.807, 2.05) is 30.9 Å². The summed E-state index contributed by atoms with van der Waals surface area (Å²) in [5, 5.41) is 7.68. The Balaban J connectivity index is 0.00000364. The maximum absolute atomic E-state index is 6.23. The third-order valence-electron chi connectivity index (χ3n) is 4.64. The Kier molecular flexibility index (Phi) is 11.4. The van der Waals surface area contributed by atoms with Crippen LogP contribution in [-0.4, -0.2) is 68.3 Å². The second-order valence-electron chi connectivity index (χ2n) is 6.99. The number of nitrogens with zero attached hydrogens (tertiary/aromatic N) is 2. The molecule has 1 fully saturated rings. The number of thioether (sulfide) groups is 1. The SMILES string of the molecule is CN=C(NCC(c1cccc(Cl)c1)N1CCOCC1)NCC(C)(C)SC.I. The fraction of sp³-hybridized carbons (Fsp3) is 0.632. The summed E-state index contributed by atoms with van der Waals surface area (Å²) in [4.78, 5) is 6.82. The van der Waals surface area contributed by atoms with Crippen LogP contribution in [0, 0.1) is 0 Å². The Bertz CT molecular complexity index is 597. The van der Waals surface area contributed by atoms with Crippen molar-refractivity contribution in [3.05, 3.63) is 34.9 Å². The van der Waals surface area contributed by atoms with Crippen LogP contribution in [0.2, 0.25) is 5.02 Å². The zero-order valence-corrected chi connectivity index (χ0v) is 20.5. The van der Waals surface area contributed by atoms with E-state index in [0.717, 1.165) is 50.4 Å². The molecule has 0 radical (unpaired) electrons. The summed E-state index contributed by atoms with van der Waals surface area (Å²) in [6, 6.07) is 8.35. The van der Waals surface area contributed by atoms with E-state index in [1.165, 1.54) is 5.56 Å². The molecule has 1 saturated heterocycles. The molecule has 2 rings (SSSR count). The highest BCUT2D eigenvalue weighted by molar-refractivity contribution is 14.0. The number of benzene rings is 1. The van der Waals surface area contributed by atoms with Crippen molar-refractivity contribution in [1.29, 1.82) is 0 Å². The first-order valence-corrected chi connectivity index (χ1v) is 10.6. The predicted octanol–water partition coefficient (Wildman–Crippen LogP) is 3.64. The van der Waals surface area contributed by atoms with E-state index in [9.17, 15) is 0 Å². The lowest BCUT2D eigenvalue weighted by atomic mass is 10.0. The number of hydrogen-bond donors (Lipinski definition) is 2. The van der Waals surface area contributed by atoms with Gasteiger partial charge in [0.05, 0.1) is 19.3 Å². The number of aliphatic imine (C=N–C) groups is 1. The van der Waals surface area contributed by atoms with E-state index in [4.69, 9.17) is 16.3 Å². The molecule has 1 atom stereocenters. The van der Waals surface area contributed by atoms with Crippen molar-refractivity contribution >= 4 is 53.3 Å². The van der Waals surface area contributed by atoms with Crippen molar-refractivity contribution < 1.29 is 4.74 Å². The van der Waals surface area contributed by atoms with E-state index in [2.05, 4.69) is 52.8 Å². The Morgan fingerprint density at radius 3 is 2.63 bits per heavy atom. The van der Waals surface area contributed by atoms with Crippen LogP contribution in [0.4, 0.5) is 0 Å². The minimum atomic E-state index is 0. The number of guanidine groups is 1. The van der Waals surface area contributed by atoms with Crippen molar-refractivity contribution in [2.24, 2.45) is 4.99 Å². The summed E-state index contributed by atoms with van der Waals surface area (Å²) in [5.41, 5.74) is 1.21. The van der Waals surface area contributed by atoms with E-state index in [0.29, 0.717) is 0 Å². The van der Waals surface area contributed by atoms with Gasteiger partial charge in [0.25, 0.3) is 0 Å². The lowest BCUT2D eigenvalue weighted by Crippen LogP contribution is -2.48. The van der Waals surface area contributed by atoms with Crippen LogP contribution in [0.1, 0.15) is 25.5 Å². The minimum absolute atomic E-state index is 0. The number of halogens is 2. The summed E-state index contributed by atoms with van der Waals surface area (Å²) in [6.45, 7) is 9.44. The molecule has 154 valence electrons. The number of rotatable bonds is 7. The van der Waals surface area contributed by atoms with E-state index >= 15 is 0 Å². The van der Waals surface area contributed by atoms with Gasteiger partial charge < -0.3 is 15.4 Å². The van der Waals surface area contributed by atoms with E-state index < -0.39 is 0 Å². The number of ether oxygens (including phenoxy) is 1. The molecule has 0 saturated carbocycles. The summed E-state index contributed by atoms with van der Waals surface area (Å²) in [5.74, 6) is 0.826. The fourth-order valence-electron chi connectivity index (χ4n) is 2.84. The first-order chi connectivity index (χ1) is 12.4. The largest absolute Gasteiger partial charge is 0.379 e. The molecular formula is C19H32ClIN4OS. The van der Waals surface area contributed by atoms with Crippen LogP contribution in [0.15, 0.2) is 29.3 Å². The Hall–Kier alpha value is -0.220. The molecular weight excluding hydrogens is 495 g/mol. The molecule has 8 heteroatoms. The Morgan fingerprint density at radius 1 is 1.33 bits per heavy atom. The standard InChI is InChI=1S/C19H31ClN4OS.HI/c1-19(2,26-4)14-23-18(21-3)22-13-17(24-8-10-25-11-9-24)15-6-5-7-16(20)12-15;/h5-7,12,17H,8-11,13-14H2,1-4H3,(H2,21,22,23);1H.